The second-order valence-electron chi connectivity index (χ2n) is 23.0. The molecular weight excluding hydrogens is 754 g/mol. The molecule has 6 saturated carbocycles. The Morgan fingerprint density at radius 1 is 0.850 bits per heavy atom. The maximum absolute atomic E-state index is 15.5. The summed E-state index contributed by atoms with van der Waals surface area (Å²) in [7, 11) is 0. The lowest BCUT2D eigenvalue weighted by molar-refractivity contribution is -0.251. The van der Waals surface area contributed by atoms with E-state index in [1.54, 1.807) is 12.1 Å². The molecule has 1 aromatic carbocycles. The van der Waals surface area contributed by atoms with E-state index in [0.29, 0.717) is 36.0 Å². The summed E-state index contributed by atoms with van der Waals surface area (Å²) in [6.45, 7) is 23.8. The molecule has 0 radical (unpaired) electrons. The van der Waals surface area contributed by atoms with Crippen LogP contribution in [0, 0.1) is 79.7 Å². The van der Waals surface area contributed by atoms with Gasteiger partial charge in [-0.2, -0.15) is 0 Å². The fourth-order valence-corrected chi connectivity index (χ4v) is 16.5. The summed E-state index contributed by atoms with van der Waals surface area (Å²) < 4.78 is 20.2. The number of likely N-dealkylation sites (tertiary alicyclic amines) is 1. The molecule has 0 bridgehead atoms. The minimum atomic E-state index is -0.825. The number of allylic oxidation sites excluding steroid dienone is 1. The number of carboxylic acid groups (broad SMARTS) is 1. The van der Waals surface area contributed by atoms with E-state index in [4.69, 9.17) is 9.72 Å². The Bertz CT molecular complexity index is 2070. The van der Waals surface area contributed by atoms with Gasteiger partial charge in [0.15, 0.2) is 0 Å². The number of halogens is 1. The van der Waals surface area contributed by atoms with Crippen molar-refractivity contribution in [1.29, 1.82) is 0 Å². The van der Waals surface area contributed by atoms with Gasteiger partial charge in [0.25, 0.3) is 0 Å². The van der Waals surface area contributed by atoms with E-state index in [-0.39, 0.29) is 57.4 Å². The Morgan fingerprint density at radius 3 is 2.27 bits per heavy atom. The molecule has 9 heteroatoms. The molecule has 0 spiro atoms. The van der Waals surface area contributed by atoms with Crippen molar-refractivity contribution in [3.05, 3.63) is 54.3 Å². The Hall–Kier alpha value is -3.49. The van der Waals surface area contributed by atoms with Crippen molar-refractivity contribution >= 4 is 17.8 Å². The number of carbonyl (C=O) groups is 3. The highest BCUT2D eigenvalue weighted by Gasteiger charge is 2.72. The smallest absolute Gasteiger partial charge is 0.309 e. The highest BCUT2D eigenvalue weighted by Crippen LogP contribution is 2.78. The van der Waals surface area contributed by atoms with Crippen LogP contribution >= 0.6 is 0 Å². The zero-order valence-corrected chi connectivity index (χ0v) is 37.5. The van der Waals surface area contributed by atoms with Crippen LogP contribution in [-0.2, 0) is 19.1 Å². The number of nitrogens with one attached hydrogen (secondary N) is 1. The number of carbonyl (C=O) groups excluding carboxylic acids is 2. The van der Waals surface area contributed by atoms with Crippen LogP contribution in [0.5, 0.6) is 0 Å². The molecule has 1 aliphatic heterocycles. The van der Waals surface area contributed by atoms with E-state index in [9.17, 15) is 19.1 Å². The standard InChI is InChI=1S/C51H70FN3O5/c1-29(2)32-18-23-51(45(59)55-26-10-11-37(55)42-53-28-36(54-42)30-12-14-31(52)15-13-30)25-24-49(8)33(41(32)51)16-17-39-48(7)21-20-40(47(5,6)38(48)19-22-50(39,49)9)60-44(58)35-27-34(43(56)57)46(35,3)4/h12-15,28,32-35,37-41H,1,10-11,16-27H2,2-9H3,(H,53,54)(H,56,57)/t32-,33+,34-,35+,37-,38?,39?,40-,41?,48-,49+,50+,51-/m0/s1. The fraction of sp³-hybridized carbons (Fsp3) is 0.725. The Balaban J connectivity index is 0.965. The number of esters is 1. The van der Waals surface area contributed by atoms with Gasteiger partial charge in [0.1, 0.15) is 17.7 Å². The predicted molar refractivity (Wildman–Crippen MR) is 230 cm³/mol. The normalized spacial score (nSPS) is 42.5. The second-order valence-corrected chi connectivity index (χ2v) is 23.0. The van der Waals surface area contributed by atoms with E-state index in [1.807, 2.05) is 20.0 Å². The number of hydrogen-bond acceptors (Lipinski definition) is 5. The number of nitrogens with zero attached hydrogens (tertiary/aromatic N) is 2. The lowest BCUT2D eigenvalue weighted by atomic mass is 9.32. The molecule has 2 aromatic rings. The monoisotopic (exact) mass is 824 g/mol. The Kier molecular flexibility index (Phi) is 9.77. The van der Waals surface area contributed by atoms with Gasteiger partial charge in [0, 0.05) is 12.0 Å². The summed E-state index contributed by atoms with van der Waals surface area (Å²) in [5.41, 5.74) is 2.04. The SMILES string of the molecule is C=C(C)[C@@H]1CC[C@]2(C(=O)N3CCC[C@H]3c3ncc(-c4ccc(F)cc4)[nH]3)CC[C@]3(C)[C@H](CCC4[C@@]5(C)CC[C@H](OC(=O)[C@H]6C[C@@H](C(=O)O)C6(C)C)C(C)(C)C5CC[C@]43C)C12. The van der Waals surface area contributed by atoms with Gasteiger partial charge in [-0.05, 0) is 171 Å². The van der Waals surface area contributed by atoms with Gasteiger partial charge in [0.05, 0.1) is 35.2 Å². The number of rotatable bonds is 7. The van der Waals surface area contributed by atoms with E-state index in [0.717, 1.165) is 101 Å². The molecule has 1 amide bonds. The zero-order valence-electron chi connectivity index (χ0n) is 37.5. The molecule has 2 N–H and O–H groups in total. The van der Waals surface area contributed by atoms with Gasteiger partial charge in [-0.3, -0.25) is 14.4 Å². The molecule has 60 heavy (non-hydrogen) atoms. The number of aromatic nitrogens is 2. The number of imidazole rings is 1. The molecule has 6 aliphatic carbocycles. The van der Waals surface area contributed by atoms with Crippen LogP contribution < -0.4 is 0 Å². The minimum Gasteiger partial charge on any atom is -0.481 e. The maximum atomic E-state index is 15.5. The maximum Gasteiger partial charge on any atom is 0.309 e. The third kappa shape index (κ3) is 5.77. The average Bonchev–Trinajstić information content (AvgIpc) is 3.95. The number of H-pyrrole nitrogens is 1. The van der Waals surface area contributed by atoms with Crippen LogP contribution in [-0.4, -0.2) is 50.5 Å². The molecule has 7 aliphatic rings. The van der Waals surface area contributed by atoms with Crippen molar-refractivity contribution in [3.8, 4) is 11.3 Å². The van der Waals surface area contributed by atoms with Crippen LogP contribution in [0.25, 0.3) is 11.3 Å². The number of carboxylic acids is 1. The van der Waals surface area contributed by atoms with Crippen LogP contribution in [0.2, 0.25) is 0 Å². The first-order valence-electron chi connectivity index (χ1n) is 23.4. The van der Waals surface area contributed by atoms with Gasteiger partial charge < -0.3 is 19.7 Å². The number of aromatic amines is 1. The number of benzene rings is 1. The molecule has 8 nitrogen and oxygen atoms in total. The first kappa shape index (κ1) is 41.8. The van der Waals surface area contributed by atoms with Crippen LogP contribution in [0.4, 0.5) is 4.39 Å². The summed E-state index contributed by atoms with van der Waals surface area (Å²) in [5.74, 6) is 0.943. The van der Waals surface area contributed by atoms with Gasteiger partial charge >= 0.3 is 11.9 Å². The molecule has 7 fully saturated rings. The third-order valence-electron chi connectivity index (χ3n) is 20.1. The zero-order chi connectivity index (χ0) is 42.9. The molecule has 1 saturated heterocycles. The van der Waals surface area contributed by atoms with Crippen molar-refractivity contribution in [3.63, 3.8) is 0 Å². The van der Waals surface area contributed by atoms with Crippen molar-refractivity contribution in [2.75, 3.05) is 6.54 Å². The Morgan fingerprint density at radius 2 is 1.58 bits per heavy atom. The fourth-order valence-electron chi connectivity index (χ4n) is 16.5. The molecule has 2 heterocycles. The van der Waals surface area contributed by atoms with Gasteiger partial charge in [-0.25, -0.2) is 9.37 Å². The highest BCUT2D eigenvalue weighted by atomic mass is 19.1. The molecule has 9 rings (SSSR count). The number of aliphatic carboxylic acids is 1. The van der Waals surface area contributed by atoms with Crippen molar-refractivity contribution in [2.24, 2.45) is 73.9 Å². The molecule has 1 aromatic heterocycles. The molecule has 3 unspecified atom stereocenters. The van der Waals surface area contributed by atoms with Crippen LogP contribution in [0.1, 0.15) is 151 Å². The molecule has 326 valence electrons. The minimum absolute atomic E-state index is 0.0792. The van der Waals surface area contributed by atoms with Crippen molar-refractivity contribution < 1.29 is 28.6 Å². The lowest BCUT2D eigenvalue weighted by Crippen LogP contribution is -2.67. The van der Waals surface area contributed by atoms with Crippen LogP contribution in [0.15, 0.2) is 42.6 Å². The topological polar surface area (TPSA) is 113 Å². The quantitative estimate of drug-likeness (QED) is 0.212. The lowest BCUT2D eigenvalue weighted by Gasteiger charge is -2.73. The summed E-state index contributed by atoms with van der Waals surface area (Å²) in [6, 6.07) is 6.38. The molecule has 13 atom stereocenters. The first-order chi connectivity index (χ1) is 28.2. The summed E-state index contributed by atoms with van der Waals surface area (Å²) >= 11 is 0. The number of fused-ring (bicyclic) bond motifs is 7. The van der Waals surface area contributed by atoms with Crippen LogP contribution in [0.3, 0.4) is 0 Å². The number of ether oxygens (including phenoxy) is 1. The number of amides is 1. The van der Waals surface area contributed by atoms with E-state index >= 15 is 4.79 Å². The summed E-state index contributed by atoms with van der Waals surface area (Å²) in [6.07, 6.45) is 14.1. The highest BCUT2D eigenvalue weighted by molar-refractivity contribution is 5.85. The van der Waals surface area contributed by atoms with Gasteiger partial charge in [-0.1, -0.05) is 60.6 Å². The molecular formula is C51H70FN3O5. The summed E-state index contributed by atoms with van der Waals surface area (Å²) in [5, 5.41) is 9.70. The van der Waals surface area contributed by atoms with Crippen molar-refractivity contribution in [2.45, 2.75) is 151 Å². The summed E-state index contributed by atoms with van der Waals surface area (Å²) in [4.78, 5) is 51.6. The second kappa shape index (κ2) is 14.0. The Labute approximate surface area is 357 Å². The van der Waals surface area contributed by atoms with E-state index in [1.165, 1.54) is 17.7 Å². The van der Waals surface area contributed by atoms with Gasteiger partial charge in [0.2, 0.25) is 5.91 Å². The average molecular weight is 824 g/mol. The van der Waals surface area contributed by atoms with E-state index < -0.39 is 22.7 Å². The van der Waals surface area contributed by atoms with Crippen molar-refractivity contribution in [1.82, 2.24) is 14.9 Å². The predicted octanol–water partition coefficient (Wildman–Crippen LogP) is 11.2. The number of hydrogen-bond donors (Lipinski definition) is 2. The third-order valence-corrected chi connectivity index (χ3v) is 20.1. The van der Waals surface area contributed by atoms with Gasteiger partial charge in [-0.15, -0.1) is 0 Å². The first-order valence-corrected chi connectivity index (χ1v) is 23.4. The largest absolute Gasteiger partial charge is 0.481 e. The van der Waals surface area contributed by atoms with E-state index in [2.05, 4.69) is 58.0 Å².